The van der Waals surface area contributed by atoms with E-state index >= 15 is 0 Å². The lowest BCUT2D eigenvalue weighted by molar-refractivity contribution is -0.193. The fourth-order valence-corrected chi connectivity index (χ4v) is 3.66. The first-order valence-corrected chi connectivity index (χ1v) is 11.7. The number of pyridine rings is 1. The summed E-state index contributed by atoms with van der Waals surface area (Å²) in [6, 6.07) is 11.9. The van der Waals surface area contributed by atoms with Gasteiger partial charge in [0.2, 0.25) is 0 Å². The lowest BCUT2D eigenvalue weighted by atomic mass is 9.91. The highest BCUT2D eigenvalue weighted by atomic mass is 19.4. The predicted octanol–water partition coefficient (Wildman–Crippen LogP) is 4.95. The van der Waals surface area contributed by atoms with Gasteiger partial charge in [-0.15, -0.1) is 0 Å². The van der Waals surface area contributed by atoms with Crippen LogP contribution in [0.3, 0.4) is 0 Å². The molecule has 0 amide bonds. The van der Waals surface area contributed by atoms with Crippen molar-refractivity contribution in [3.63, 3.8) is 0 Å². The van der Waals surface area contributed by atoms with Gasteiger partial charge >= 0.3 is 24.3 Å². The molecule has 1 heterocycles. The van der Waals surface area contributed by atoms with Gasteiger partial charge in [0.15, 0.2) is 0 Å². The maximum absolute atomic E-state index is 10.6. The topological polar surface area (TPSA) is 121 Å². The lowest BCUT2D eigenvalue weighted by Gasteiger charge is -2.29. The van der Waals surface area contributed by atoms with Gasteiger partial charge < -0.3 is 25.6 Å². The van der Waals surface area contributed by atoms with Crippen LogP contribution >= 0.6 is 0 Å². The van der Waals surface area contributed by atoms with E-state index in [9.17, 15) is 26.3 Å². The number of benzene rings is 1. The maximum Gasteiger partial charge on any atom is 0.490 e. The average Bonchev–Trinajstić information content (AvgIpc) is 2.87. The molecule has 1 aliphatic rings. The molecule has 0 atom stereocenters. The number of methoxy groups -OCH3 is 1. The van der Waals surface area contributed by atoms with Crippen molar-refractivity contribution >= 4 is 11.9 Å². The van der Waals surface area contributed by atoms with Gasteiger partial charge in [-0.25, -0.2) is 9.59 Å². The fourth-order valence-electron chi connectivity index (χ4n) is 3.66. The van der Waals surface area contributed by atoms with Crippen LogP contribution in [0, 0.1) is 6.92 Å². The monoisotopic (exact) mass is 567 g/mol. The third kappa shape index (κ3) is 12.3. The molecular formula is C25H31F6N3O5. The number of carboxylic acids is 2. The van der Waals surface area contributed by atoms with Crippen molar-refractivity contribution in [1.82, 2.24) is 15.6 Å². The van der Waals surface area contributed by atoms with E-state index in [0.717, 1.165) is 18.0 Å². The SMILES string of the molecule is CNC1CCC(NCc2cc(-c3ccnc(C)c3)ccc2OC)CC1.O=C(O)C(F)(F)F.O=C(O)C(F)(F)F. The van der Waals surface area contributed by atoms with Gasteiger partial charge in [0.25, 0.3) is 0 Å². The van der Waals surface area contributed by atoms with Gasteiger partial charge in [-0.1, -0.05) is 6.07 Å². The Balaban J connectivity index is 0.000000449. The Morgan fingerprint density at radius 2 is 1.41 bits per heavy atom. The number of hydrogen-bond acceptors (Lipinski definition) is 6. The summed E-state index contributed by atoms with van der Waals surface area (Å²) in [7, 11) is 3.81. The number of nitrogens with zero attached hydrogens (tertiary/aromatic N) is 1. The minimum absolute atomic E-state index is 0.598. The van der Waals surface area contributed by atoms with Crippen molar-refractivity contribution in [1.29, 1.82) is 0 Å². The Labute approximate surface area is 221 Å². The molecule has 3 rings (SSSR count). The van der Waals surface area contributed by atoms with E-state index in [1.165, 1.54) is 42.4 Å². The number of hydrogen-bond donors (Lipinski definition) is 4. The van der Waals surface area contributed by atoms with Crippen molar-refractivity contribution in [2.45, 2.75) is 63.6 Å². The molecule has 0 bridgehead atoms. The molecule has 1 aromatic heterocycles. The number of rotatable bonds is 6. The molecule has 1 fully saturated rings. The van der Waals surface area contributed by atoms with Gasteiger partial charge in [-0.3, -0.25) is 4.98 Å². The molecule has 218 valence electrons. The molecule has 39 heavy (non-hydrogen) atoms. The Morgan fingerprint density at radius 1 is 0.923 bits per heavy atom. The smallest absolute Gasteiger partial charge is 0.490 e. The highest BCUT2D eigenvalue weighted by Gasteiger charge is 2.38. The van der Waals surface area contributed by atoms with Crippen molar-refractivity contribution < 1.29 is 50.9 Å². The molecule has 8 nitrogen and oxygen atoms in total. The number of halogens is 6. The molecule has 0 spiro atoms. The molecule has 2 aromatic rings. The number of carboxylic acid groups (broad SMARTS) is 2. The third-order valence-corrected chi connectivity index (χ3v) is 5.71. The highest BCUT2D eigenvalue weighted by molar-refractivity contribution is 5.73. The van der Waals surface area contributed by atoms with Crippen molar-refractivity contribution in [2.24, 2.45) is 0 Å². The minimum atomic E-state index is -5.08. The second-order valence-corrected chi connectivity index (χ2v) is 8.54. The van der Waals surface area contributed by atoms with E-state index in [4.69, 9.17) is 24.5 Å². The summed E-state index contributed by atoms with van der Waals surface area (Å²) in [5.74, 6) is -4.56. The maximum atomic E-state index is 10.6. The summed E-state index contributed by atoms with van der Waals surface area (Å²) in [5.41, 5.74) is 4.66. The van der Waals surface area contributed by atoms with Crippen LogP contribution in [0.25, 0.3) is 11.1 Å². The number of carbonyl (C=O) groups is 2. The van der Waals surface area contributed by atoms with Crippen molar-refractivity contribution in [3.8, 4) is 16.9 Å². The number of aliphatic carboxylic acids is 2. The normalized spacial score (nSPS) is 17.2. The van der Waals surface area contributed by atoms with Crippen LogP contribution in [0.1, 0.15) is 36.9 Å². The Bertz CT molecular complexity index is 1050. The molecule has 1 aliphatic carbocycles. The Morgan fingerprint density at radius 3 is 1.85 bits per heavy atom. The quantitative estimate of drug-likeness (QED) is 0.362. The van der Waals surface area contributed by atoms with Gasteiger partial charge in [0.05, 0.1) is 7.11 Å². The summed E-state index contributed by atoms with van der Waals surface area (Å²) in [6.45, 7) is 2.87. The van der Waals surface area contributed by atoms with E-state index < -0.39 is 24.3 Å². The van der Waals surface area contributed by atoms with Crippen LogP contribution < -0.4 is 15.4 Å². The van der Waals surface area contributed by atoms with E-state index in [2.05, 4.69) is 53.0 Å². The predicted molar refractivity (Wildman–Crippen MR) is 130 cm³/mol. The highest BCUT2D eigenvalue weighted by Crippen LogP contribution is 2.27. The summed E-state index contributed by atoms with van der Waals surface area (Å²) in [6.07, 6.45) is -3.33. The first-order valence-electron chi connectivity index (χ1n) is 11.7. The number of aromatic nitrogens is 1. The fraction of sp³-hybridized carbons (Fsp3) is 0.480. The molecule has 0 aliphatic heterocycles. The van der Waals surface area contributed by atoms with Gasteiger partial charge in [0, 0.05) is 36.1 Å². The largest absolute Gasteiger partial charge is 0.496 e. The molecule has 4 N–H and O–H groups in total. The summed E-state index contributed by atoms with van der Waals surface area (Å²) in [4.78, 5) is 22.1. The van der Waals surface area contributed by atoms with E-state index in [0.29, 0.717) is 12.1 Å². The summed E-state index contributed by atoms with van der Waals surface area (Å²) < 4.78 is 69.0. The van der Waals surface area contributed by atoms with Crippen LogP contribution in [0.15, 0.2) is 36.5 Å². The zero-order valence-corrected chi connectivity index (χ0v) is 21.5. The number of alkyl halides is 6. The molecule has 14 heteroatoms. The molecule has 1 aromatic carbocycles. The first-order chi connectivity index (χ1) is 18.1. The van der Waals surface area contributed by atoms with Crippen molar-refractivity contribution in [3.05, 3.63) is 47.8 Å². The molecule has 1 saturated carbocycles. The summed E-state index contributed by atoms with van der Waals surface area (Å²) >= 11 is 0. The van der Waals surface area contributed by atoms with Gasteiger partial charge in [-0.05, 0) is 75.0 Å². The van der Waals surface area contributed by atoms with Crippen LogP contribution in [-0.2, 0) is 16.1 Å². The Kier molecular flexibility index (Phi) is 13.2. The van der Waals surface area contributed by atoms with Crippen LogP contribution in [0.5, 0.6) is 5.75 Å². The number of nitrogens with one attached hydrogen (secondary N) is 2. The second kappa shape index (κ2) is 15.3. The number of ether oxygens (including phenoxy) is 1. The zero-order valence-electron chi connectivity index (χ0n) is 21.5. The molecule has 0 radical (unpaired) electrons. The molecular weight excluding hydrogens is 536 g/mol. The second-order valence-electron chi connectivity index (χ2n) is 8.54. The van der Waals surface area contributed by atoms with Crippen molar-refractivity contribution in [2.75, 3.05) is 14.2 Å². The Hall–Kier alpha value is -3.39. The van der Waals surface area contributed by atoms with E-state index in [1.54, 1.807) is 7.11 Å². The summed E-state index contributed by atoms with van der Waals surface area (Å²) in [5, 5.41) is 21.4. The third-order valence-electron chi connectivity index (χ3n) is 5.71. The standard InChI is InChI=1S/C21H29N3O.2C2HF3O2/c1-15-12-17(10-11-23-15)16-4-9-21(25-3)18(13-16)14-24-20-7-5-19(22-2)6-8-20;2*3-2(4,5)1(6)7/h4,9-13,19-20,22,24H,5-8,14H2,1-3H3;2*(H,6,7). The average molecular weight is 568 g/mol. The van der Waals surface area contributed by atoms with Crippen LogP contribution in [0.4, 0.5) is 26.3 Å². The number of aryl methyl sites for hydroxylation is 1. The van der Waals surface area contributed by atoms with Gasteiger partial charge in [0.1, 0.15) is 5.75 Å². The van der Waals surface area contributed by atoms with Gasteiger partial charge in [-0.2, -0.15) is 26.3 Å². The zero-order chi connectivity index (χ0) is 29.8. The molecule has 0 unspecified atom stereocenters. The van der Waals surface area contributed by atoms with Crippen LogP contribution in [-0.4, -0.2) is 65.7 Å². The van der Waals surface area contributed by atoms with E-state index in [-0.39, 0.29) is 0 Å². The first kappa shape index (κ1) is 33.6. The molecule has 0 saturated heterocycles. The van der Waals surface area contributed by atoms with E-state index in [1.807, 2.05) is 13.1 Å². The minimum Gasteiger partial charge on any atom is -0.496 e. The lowest BCUT2D eigenvalue weighted by Crippen LogP contribution is -2.38. The van der Waals surface area contributed by atoms with Crippen LogP contribution in [0.2, 0.25) is 0 Å².